The Kier molecular flexibility index (Phi) is 5.66. The highest BCUT2D eigenvalue weighted by Gasteiger charge is 2.15. The van der Waals surface area contributed by atoms with Crippen LogP contribution in [-0.4, -0.2) is 30.9 Å². The molecule has 2 aromatic heterocycles. The third-order valence-corrected chi connectivity index (χ3v) is 4.46. The second kappa shape index (κ2) is 8.13. The minimum Gasteiger partial charge on any atom is -0.383 e. The van der Waals surface area contributed by atoms with Crippen LogP contribution in [0.1, 0.15) is 40.1 Å². The number of nitrogens with zero attached hydrogens (tertiary/aromatic N) is 5. The Labute approximate surface area is 161 Å². The summed E-state index contributed by atoms with van der Waals surface area (Å²) >= 11 is 6.06. The molecule has 0 aliphatic rings. The molecule has 0 saturated heterocycles. The molecule has 3 aromatic rings. The van der Waals surface area contributed by atoms with Crippen LogP contribution in [0.2, 0.25) is 5.02 Å². The fourth-order valence-corrected chi connectivity index (χ4v) is 2.94. The summed E-state index contributed by atoms with van der Waals surface area (Å²) in [6.45, 7) is 4.46. The van der Waals surface area contributed by atoms with E-state index in [1.807, 2.05) is 6.92 Å². The zero-order chi connectivity index (χ0) is 19.4. The number of aromatic nitrogens is 5. The number of carbonyl (C=O) groups excluding carboxylic acids is 1. The van der Waals surface area contributed by atoms with E-state index in [1.165, 1.54) is 0 Å². The van der Waals surface area contributed by atoms with E-state index in [9.17, 15) is 4.79 Å². The summed E-state index contributed by atoms with van der Waals surface area (Å²) in [5, 5.41) is 11.6. The average Bonchev–Trinajstić information content (AvgIpc) is 3.04. The van der Waals surface area contributed by atoms with Gasteiger partial charge in [-0.1, -0.05) is 35.9 Å². The van der Waals surface area contributed by atoms with Gasteiger partial charge in [0.2, 0.25) is 0 Å². The summed E-state index contributed by atoms with van der Waals surface area (Å²) in [5.74, 6) is 0.788. The van der Waals surface area contributed by atoms with Crippen molar-refractivity contribution in [3.8, 4) is 0 Å². The summed E-state index contributed by atoms with van der Waals surface area (Å²) < 4.78 is 1.75. The Morgan fingerprint density at radius 3 is 2.81 bits per heavy atom. The molecule has 2 heterocycles. The number of amides is 1. The lowest BCUT2D eigenvalue weighted by Gasteiger charge is -2.09. The van der Waals surface area contributed by atoms with Crippen LogP contribution in [0.3, 0.4) is 0 Å². The Balaban J connectivity index is 1.74. The fourth-order valence-electron chi connectivity index (χ4n) is 2.72. The molecule has 0 spiro atoms. The van der Waals surface area contributed by atoms with Crippen LogP contribution in [0.4, 0.5) is 5.82 Å². The highest BCUT2D eigenvalue weighted by molar-refractivity contribution is 6.33. The highest BCUT2D eigenvalue weighted by Crippen LogP contribution is 2.16. The van der Waals surface area contributed by atoms with E-state index < -0.39 is 0 Å². The van der Waals surface area contributed by atoms with Gasteiger partial charge >= 0.3 is 0 Å². The molecule has 9 heteroatoms. The normalized spacial score (nSPS) is 10.8. The van der Waals surface area contributed by atoms with Crippen LogP contribution in [0, 0.1) is 6.92 Å². The molecular formula is C18H20ClN7O. The number of hydrogen-bond donors (Lipinski definition) is 2. The van der Waals surface area contributed by atoms with Gasteiger partial charge in [0, 0.05) is 11.8 Å². The van der Waals surface area contributed by atoms with E-state index in [1.54, 1.807) is 42.1 Å². The molecule has 140 valence electrons. The number of benzene rings is 1. The lowest BCUT2D eigenvalue weighted by atomic mass is 10.2. The van der Waals surface area contributed by atoms with Crippen LogP contribution >= 0.6 is 11.6 Å². The summed E-state index contributed by atoms with van der Waals surface area (Å²) in [6, 6.07) is 6.90. The molecule has 3 rings (SSSR count). The van der Waals surface area contributed by atoms with E-state index in [0.717, 1.165) is 11.3 Å². The molecular weight excluding hydrogens is 366 g/mol. The van der Waals surface area contributed by atoms with E-state index in [4.69, 9.17) is 17.3 Å². The second-order valence-electron chi connectivity index (χ2n) is 5.98. The van der Waals surface area contributed by atoms with Gasteiger partial charge in [-0.25, -0.2) is 14.6 Å². The molecule has 0 fully saturated rings. The number of nitrogens with one attached hydrogen (secondary N) is 1. The van der Waals surface area contributed by atoms with Gasteiger partial charge in [0.1, 0.15) is 17.3 Å². The van der Waals surface area contributed by atoms with Gasteiger partial charge in [-0.15, -0.1) is 5.10 Å². The number of aryl methyl sites for hydroxylation is 1. The first kappa shape index (κ1) is 18.8. The fraction of sp³-hybridized carbons (Fsp3) is 0.278. The number of carbonyl (C=O) groups is 1. The zero-order valence-electron chi connectivity index (χ0n) is 15.1. The minimum atomic E-state index is -0.256. The van der Waals surface area contributed by atoms with Crippen LogP contribution < -0.4 is 11.1 Å². The maximum Gasteiger partial charge on any atom is 0.253 e. The molecule has 8 nitrogen and oxygen atoms in total. The van der Waals surface area contributed by atoms with Gasteiger partial charge in [0.25, 0.3) is 5.91 Å². The smallest absolute Gasteiger partial charge is 0.253 e. The Bertz CT molecular complexity index is 970. The van der Waals surface area contributed by atoms with Gasteiger partial charge < -0.3 is 11.1 Å². The van der Waals surface area contributed by atoms with E-state index >= 15 is 0 Å². The summed E-state index contributed by atoms with van der Waals surface area (Å²) in [5.41, 5.74) is 8.77. The average molecular weight is 386 g/mol. The number of halogens is 1. The zero-order valence-corrected chi connectivity index (χ0v) is 15.9. The lowest BCUT2D eigenvalue weighted by molar-refractivity contribution is 0.0950. The van der Waals surface area contributed by atoms with Crippen molar-refractivity contribution in [2.45, 2.75) is 33.4 Å². The van der Waals surface area contributed by atoms with Crippen LogP contribution in [0.5, 0.6) is 0 Å². The van der Waals surface area contributed by atoms with E-state index in [-0.39, 0.29) is 12.5 Å². The van der Waals surface area contributed by atoms with Crippen LogP contribution in [-0.2, 0) is 19.5 Å². The maximum absolute atomic E-state index is 12.3. The SMILES string of the molecule is CCc1c(CNC(=O)c2ccccc2Cl)nnn1Cc1cnc(C)nc1N. The van der Waals surface area contributed by atoms with Crippen molar-refractivity contribution in [2.75, 3.05) is 5.73 Å². The predicted octanol–water partition coefficient (Wildman–Crippen LogP) is 2.15. The number of nitrogens with two attached hydrogens (primary N) is 1. The van der Waals surface area contributed by atoms with Crippen LogP contribution in [0.25, 0.3) is 0 Å². The third kappa shape index (κ3) is 4.22. The van der Waals surface area contributed by atoms with Crippen molar-refractivity contribution in [2.24, 2.45) is 0 Å². The van der Waals surface area contributed by atoms with Crippen molar-refractivity contribution in [1.82, 2.24) is 30.3 Å². The molecule has 0 saturated carbocycles. The molecule has 1 amide bonds. The Hall–Kier alpha value is -3.00. The van der Waals surface area contributed by atoms with E-state index in [2.05, 4.69) is 25.6 Å². The summed E-state index contributed by atoms with van der Waals surface area (Å²) in [4.78, 5) is 20.7. The molecule has 0 aliphatic carbocycles. The van der Waals surface area contributed by atoms with Gasteiger partial charge in [-0.3, -0.25) is 4.79 Å². The van der Waals surface area contributed by atoms with E-state index in [0.29, 0.717) is 40.9 Å². The standard InChI is InChI=1S/C18H20ClN7O/c1-3-16-15(9-22-18(27)13-6-4-5-7-14(13)19)24-25-26(16)10-12-8-21-11(2)23-17(12)20/h4-8H,3,9-10H2,1-2H3,(H,22,27)(H2,20,21,23). The Morgan fingerprint density at radius 1 is 1.33 bits per heavy atom. The van der Waals surface area contributed by atoms with Gasteiger partial charge in [-0.2, -0.15) is 0 Å². The number of nitrogen functional groups attached to an aromatic ring is 1. The van der Waals surface area contributed by atoms with Crippen molar-refractivity contribution in [1.29, 1.82) is 0 Å². The third-order valence-electron chi connectivity index (χ3n) is 4.13. The first-order valence-electron chi connectivity index (χ1n) is 8.51. The first-order chi connectivity index (χ1) is 13.0. The molecule has 0 bridgehead atoms. The largest absolute Gasteiger partial charge is 0.383 e. The molecule has 0 radical (unpaired) electrons. The topological polar surface area (TPSA) is 112 Å². The monoisotopic (exact) mass is 385 g/mol. The molecule has 0 unspecified atom stereocenters. The number of anilines is 1. The molecule has 3 N–H and O–H groups in total. The van der Waals surface area contributed by atoms with Crippen molar-refractivity contribution >= 4 is 23.3 Å². The van der Waals surface area contributed by atoms with Gasteiger partial charge in [-0.05, 0) is 25.5 Å². The second-order valence-corrected chi connectivity index (χ2v) is 6.39. The number of rotatable bonds is 6. The molecule has 0 aliphatic heterocycles. The lowest BCUT2D eigenvalue weighted by Crippen LogP contribution is -2.24. The Morgan fingerprint density at radius 2 is 2.11 bits per heavy atom. The molecule has 0 atom stereocenters. The van der Waals surface area contributed by atoms with Crippen molar-refractivity contribution < 1.29 is 4.79 Å². The predicted molar refractivity (Wildman–Crippen MR) is 102 cm³/mol. The summed E-state index contributed by atoms with van der Waals surface area (Å²) in [7, 11) is 0. The van der Waals surface area contributed by atoms with Gasteiger partial charge in [0.15, 0.2) is 0 Å². The summed E-state index contributed by atoms with van der Waals surface area (Å²) in [6.07, 6.45) is 2.40. The van der Waals surface area contributed by atoms with Gasteiger partial charge in [0.05, 0.1) is 29.4 Å². The highest BCUT2D eigenvalue weighted by atomic mass is 35.5. The van der Waals surface area contributed by atoms with Crippen molar-refractivity contribution in [3.63, 3.8) is 0 Å². The maximum atomic E-state index is 12.3. The van der Waals surface area contributed by atoms with Crippen molar-refractivity contribution in [3.05, 3.63) is 63.8 Å². The molecule has 27 heavy (non-hydrogen) atoms. The molecule has 1 aromatic carbocycles. The first-order valence-corrected chi connectivity index (χ1v) is 8.89. The quantitative estimate of drug-likeness (QED) is 0.672. The minimum absolute atomic E-state index is 0.256. The number of hydrogen-bond acceptors (Lipinski definition) is 6. The van der Waals surface area contributed by atoms with Crippen LogP contribution in [0.15, 0.2) is 30.5 Å².